The fourth-order valence-electron chi connectivity index (χ4n) is 1.81. The van der Waals surface area contributed by atoms with Crippen molar-refractivity contribution in [1.82, 2.24) is 5.32 Å². The van der Waals surface area contributed by atoms with Gasteiger partial charge in [-0.1, -0.05) is 17.7 Å². The highest BCUT2D eigenvalue weighted by Gasteiger charge is 2.10. The van der Waals surface area contributed by atoms with Crippen molar-refractivity contribution in [3.8, 4) is 18.1 Å². The van der Waals surface area contributed by atoms with E-state index < -0.39 is 0 Å². The zero-order valence-corrected chi connectivity index (χ0v) is 10.9. The molecule has 0 spiro atoms. The van der Waals surface area contributed by atoms with Crippen LogP contribution in [0.4, 0.5) is 0 Å². The molecule has 0 radical (unpaired) electrons. The van der Waals surface area contributed by atoms with Gasteiger partial charge in [-0.25, -0.2) is 0 Å². The van der Waals surface area contributed by atoms with Crippen LogP contribution in [0.1, 0.15) is 36.9 Å². The summed E-state index contributed by atoms with van der Waals surface area (Å²) in [5, 5.41) is 3.46. The fourth-order valence-corrected chi connectivity index (χ4v) is 1.81. The van der Waals surface area contributed by atoms with Crippen molar-refractivity contribution in [2.75, 3.05) is 13.7 Å². The minimum absolute atomic E-state index is 0.280. The lowest BCUT2D eigenvalue weighted by molar-refractivity contribution is 0.401. The number of rotatable bonds is 6. The third-order valence-corrected chi connectivity index (χ3v) is 2.80. The Bertz CT molecular complexity index is 392. The van der Waals surface area contributed by atoms with E-state index in [0.29, 0.717) is 0 Å². The fraction of sp³-hybridized carbons (Fsp3) is 0.467. The van der Waals surface area contributed by atoms with Gasteiger partial charge in [0.2, 0.25) is 0 Å². The van der Waals surface area contributed by atoms with Crippen molar-refractivity contribution in [3.63, 3.8) is 0 Å². The number of aryl methyl sites for hydroxylation is 1. The van der Waals surface area contributed by atoms with Crippen LogP contribution in [0.15, 0.2) is 18.2 Å². The Kier molecular flexibility index (Phi) is 5.59. The van der Waals surface area contributed by atoms with E-state index in [0.717, 1.165) is 25.1 Å². The number of ether oxygens (including phenoxy) is 1. The number of benzene rings is 1. The van der Waals surface area contributed by atoms with Crippen molar-refractivity contribution in [2.24, 2.45) is 0 Å². The summed E-state index contributed by atoms with van der Waals surface area (Å²) in [6, 6.07) is 6.53. The summed E-state index contributed by atoms with van der Waals surface area (Å²) in [6.45, 7) is 5.17. The Morgan fingerprint density at radius 2 is 2.24 bits per heavy atom. The molecule has 92 valence electrons. The van der Waals surface area contributed by atoms with E-state index in [-0.39, 0.29) is 6.04 Å². The first kappa shape index (κ1) is 13.6. The third kappa shape index (κ3) is 4.13. The highest BCUT2D eigenvalue weighted by Crippen LogP contribution is 2.25. The maximum atomic E-state index is 5.38. The lowest BCUT2D eigenvalue weighted by Crippen LogP contribution is -2.20. The number of methoxy groups -OCH3 is 1. The molecule has 1 unspecified atom stereocenters. The normalized spacial score (nSPS) is 11.9. The van der Waals surface area contributed by atoms with Gasteiger partial charge in [0, 0.05) is 18.0 Å². The Hall–Kier alpha value is -1.46. The van der Waals surface area contributed by atoms with Gasteiger partial charge >= 0.3 is 0 Å². The van der Waals surface area contributed by atoms with Crippen LogP contribution in [0, 0.1) is 19.3 Å². The molecule has 0 aliphatic carbocycles. The molecule has 0 aromatic heterocycles. The minimum atomic E-state index is 0.280. The standard InChI is InChI=1S/C15H21NO/c1-5-6-7-10-16-13(3)14-11-12(2)8-9-15(14)17-4/h1,8-9,11,13,16H,6-7,10H2,2-4H3. The predicted molar refractivity (Wildman–Crippen MR) is 72.2 cm³/mol. The maximum absolute atomic E-state index is 5.38. The van der Waals surface area contributed by atoms with E-state index in [4.69, 9.17) is 11.2 Å². The van der Waals surface area contributed by atoms with E-state index >= 15 is 0 Å². The Balaban J connectivity index is 2.64. The van der Waals surface area contributed by atoms with Gasteiger partial charge in [-0.15, -0.1) is 12.3 Å². The summed E-state index contributed by atoms with van der Waals surface area (Å²) >= 11 is 0. The second-order valence-corrected chi connectivity index (χ2v) is 4.23. The van der Waals surface area contributed by atoms with Gasteiger partial charge in [-0.2, -0.15) is 0 Å². The zero-order chi connectivity index (χ0) is 12.7. The molecule has 0 saturated heterocycles. The maximum Gasteiger partial charge on any atom is 0.123 e. The SMILES string of the molecule is C#CCCCNC(C)c1cc(C)ccc1OC. The second-order valence-electron chi connectivity index (χ2n) is 4.23. The monoisotopic (exact) mass is 231 g/mol. The van der Waals surface area contributed by atoms with Crippen LogP contribution in [0.3, 0.4) is 0 Å². The molecule has 1 rings (SSSR count). The molecule has 17 heavy (non-hydrogen) atoms. The molecule has 1 aromatic carbocycles. The van der Waals surface area contributed by atoms with Gasteiger partial charge in [0.25, 0.3) is 0 Å². The number of hydrogen-bond acceptors (Lipinski definition) is 2. The average Bonchev–Trinajstić information content (AvgIpc) is 2.34. The second kappa shape index (κ2) is 6.98. The molecule has 0 amide bonds. The third-order valence-electron chi connectivity index (χ3n) is 2.80. The van der Waals surface area contributed by atoms with Crippen LogP contribution in [-0.2, 0) is 0 Å². The lowest BCUT2D eigenvalue weighted by Gasteiger charge is -2.17. The summed E-state index contributed by atoms with van der Waals surface area (Å²) in [7, 11) is 1.71. The Morgan fingerprint density at radius 3 is 2.88 bits per heavy atom. The van der Waals surface area contributed by atoms with Crippen LogP contribution >= 0.6 is 0 Å². The van der Waals surface area contributed by atoms with Crippen molar-refractivity contribution in [1.29, 1.82) is 0 Å². The van der Waals surface area contributed by atoms with E-state index in [9.17, 15) is 0 Å². The summed E-state index contributed by atoms with van der Waals surface area (Å²) in [5.41, 5.74) is 2.45. The van der Waals surface area contributed by atoms with Gasteiger partial charge in [0.15, 0.2) is 0 Å². The number of hydrogen-bond donors (Lipinski definition) is 1. The van der Waals surface area contributed by atoms with Crippen LogP contribution in [0.5, 0.6) is 5.75 Å². The summed E-state index contributed by atoms with van der Waals surface area (Å²) < 4.78 is 5.38. The average molecular weight is 231 g/mol. The molecule has 0 aliphatic heterocycles. The molecule has 1 atom stereocenters. The number of terminal acetylenes is 1. The van der Waals surface area contributed by atoms with E-state index in [1.807, 2.05) is 6.07 Å². The highest BCUT2D eigenvalue weighted by atomic mass is 16.5. The molecule has 0 heterocycles. The van der Waals surface area contributed by atoms with E-state index in [2.05, 4.69) is 37.2 Å². The van der Waals surface area contributed by atoms with Gasteiger partial charge in [-0.3, -0.25) is 0 Å². The van der Waals surface area contributed by atoms with Crippen molar-refractivity contribution in [3.05, 3.63) is 29.3 Å². The molecule has 0 bridgehead atoms. The molecular formula is C15H21NO. The number of unbranched alkanes of at least 4 members (excludes halogenated alkanes) is 1. The first-order valence-electron chi connectivity index (χ1n) is 6.00. The van der Waals surface area contributed by atoms with Crippen molar-refractivity contribution >= 4 is 0 Å². The van der Waals surface area contributed by atoms with Gasteiger partial charge in [0.1, 0.15) is 5.75 Å². The number of nitrogens with one attached hydrogen (secondary N) is 1. The van der Waals surface area contributed by atoms with Crippen molar-refractivity contribution < 1.29 is 4.74 Å². The topological polar surface area (TPSA) is 21.3 Å². The Morgan fingerprint density at radius 1 is 1.47 bits per heavy atom. The van der Waals surface area contributed by atoms with E-state index in [1.54, 1.807) is 7.11 Å². The molecule has 1 aromatic rings. The highest BCUT2D eigenvalue weighted by molar-refractivity contribution is 5.38. The van der Waals surface area contributed by atoms with Gasteiger partial charge in [-0.05, 0) is 32.9 Å². The summed E-state index contributed by atoms with van der Waals surface area (Å²) in [5.74, 6) is 3.59. The van der Waals surface area contributed by atoms with E-state index in [1.165, 1.54) is 11.1 Å². The van der Waals surface area contributed by atoms with Gasteiger partial charge < -0.3 is 10.1 Å². The molecule has 0 aliphatic rings. The summed E-state index contributed by atoms with van der Waals surface area (Å²) in [4.78, 5) is 0. The largest absolute Gasteiger partial charge is 0.496 e. The zero-order valence-electron chi connectivity index (χ0n) is 10.9. The van der Waals surface area contributed by atoms with Crippen LogP contribution in [-0.4, -0.2) is 13.7 Å². The molecule has 0 saturated carbocycles. The minimum Gasteiger partial charge on any atom is -0.496 e. The molecule has 2 heteroatoms. The van der Waals surface area contributed by atoms with Crippen LogP contribution < -0.4 is 10.1 Å². The molecule has 2 nitrogen and oxygen atoms in total. The smallest absolute Gasteiger partial charge is 0.123 e. The first-order valence-corrected chi connectivity index (χ1v) is 6.00. The predicted octanol–water partition coefficient (Wildman–Crippen LogP) is 3.07. The quantitative estimate of drug-likeness (QED) is 0.600. The van der Waals surface area contributed by atoms with Crippen molar-refractivity contribution in [2.45, 2.75) is 32.7 Å². The lowest BCUT2D eigenvalue weighted by atomic mass is 10.0. The van der Waals surface area contributed by atoms with Gasteiger partial charge in [0.05, 0.1) is 7.11 Å². The molecule has 1 N–H and O–H groups in total. The summed E-state index contributed by atoms with van der Waals surface area (Å²) in [6.07, 6.45) is 7.06. The first-order chi connectivity index (χ1) is 8.19. The van der Waals surface area contributed by atoms with Crippen LogP contribution in [0.2, 0.25) is 0 Å². The Labute approximate surface area is 104 Å². The molecular weight excluding hydrogens is 210 g/mol. The molecule has 0 fully saturated rings. The van der Waals surface area contributed by atoms with Crippen LogP contribution in [0.25, 0.3) is 0 Å².